The molecule has 1 N–H and O–H groups in total. The third kappa shape index (κ3) is 4.37. The number of nitrogens with one attached hydrogen (secondary N) is 1. The maximum Gasteiger partial charge on any atom is 0.227 e. The van der Waals surface area contributed by atoms with Crippen molar-refractivity contribution < 1.29 is 0 Å². The van der Waals surface area contributed by atoms with Gasteiger partial charge in [-0.2, -0.15) is 4.98 Å². The molecule has 1 aromatic heterocycles. The van der Waals surface area contributed by atoms with Crippen LogP contribution in [0.3, 0.4) is 0 Å². The summed E-state index contributed by atoms with van der Waals surface area (Å²) >= 11 is 0. The fourth-order valence-electron chi connectivity index (χ4n) is 2.47. The Labute approximate surface area is 116 Å². The van der Waals surface area contributed by atoms with Crippen LogP contribution < -0.4 is 10.2 Å². The van der Waals surface area contributed by atoms with Crippen LogP contribution in [0.1, 0.15) is 51.1 Å². The number of piperidine rings is 1. The van der Waals surface area contributed by atoms with Crippen molar-refractivity contribution in [1.29, 1.82) is 0 Å². The fourth-order valence-corrected chi connectivity index (χ4v) is 2.47. The quantitative estimate of drug-likeness (QED) is 0.798. The Hall–Kier alpha value is -1.32. The zero-order valence-electron chi connectivity index (χ0n) is 12.3. The summed E-state index contributed by atoms with van der Waals surface area (Å²) in [7, 11) is 0. The SMILES string of the molecule is CCCCCNc1cc(C)nc(N2CCCCC2)n1. The lowest BCUT2D eigenvalue weighted by Gasteiger charge is -2.27. The smallest absolute Gasteiger partial charge is 0.227 e. The van der Waals surface area contributed by atoms with Gasteiger partial charge in [-0.25, -0.2) is 4.98 Å². The molecule has 4 nitrogen and oxygen atoms in total. The van der Waals surface area contributed by atoms with Gasteiger partial charge in [0.05, 0.1) is 0 Å². The van der Waals surface area contributed by atoms with Crippen LogP contribution in [0.25, 0.3) is 0 Å². The summed E-state index contributed by atoms with van der Waals surface area (Å²) in [5.41, 5.74) is 1.05. The second-order valence-corrected chi connectivity index (χ2v) is 5.38. The molecule has 1 fully saturated rings. The minimum atomic E-state index is 0.901. The lowest BCUT2D eigenvalue weighted by atomic mass is 10.1. The Morgan fingerprint density at radius 3 is 2.68 bits per heavy atom. The first-order valence-electron chi connectivity index (χ1n) is 7.64. The molecule has 0 saturated carbocycles. The van der Waals surface area contributed by atoms with Crippen molar-refractivity contribution >= 4 is 11.8 Å². The van der Waals surface area contributed by atoms with Crippen molar-refractivity contribution in [2.45, 2.75) is 52.4 Å². The van der Waals surface area contributed by atoms with Gasteiger partial charge in [-0.3, -0.25) is 0 Å². The number of aryl methyl sites for hydroxylation is 1. The molecule has 0 spiro atoms. The van der Waals surface area contributed by atoms with E-state index in [0.717, 1.165) is 37.1 Å². The summed E-state index contributed by atoms with van der Waals surface area (Å²) < 4.78 is 0. The molecule has 1 aliphatic rings. The Balaban J connectivity index is 1.97. The van der Waals surface area contributed by atoms with E-state index < -0.39 is 0 Å². The number of nitrogens with zero attached hydrogens (tertiary/aromatic N) is 3. The van der Waals surface area contributed by atoms with Gasteiger partial charge in [0.15, 0.2) is 0 Å². The molecule has 1 aromatic rings. The molecule has 106 valence electrons. The molecule has 0 aliphatic carbocycles. The Bertz CT molecular complexity index is 386. The second kappa shape index (κ2) is 7.31. The number of rotatable bonds is 6. The molecule has 1 saturated heterocycles. The van der Waals surface area contributed by atoms with Gasteiger partial charge in [-0.05, 0) is 32.6 Å². The molecule has 0 atom stereocenters. The van der Waals surface area contributed by atoms with Crippen molar-refractivity contribution in [2.75, 3.05) is 29.9 Å². The highest BCUT2D eigenvalue weighted by Gasteiger charge is 2.14. The lowest BCUT2D eigenvalue weighted by molar-refractivity contribution is 0.568. The van der Waals surface area contributed by atoms with Crippen LogP contribution in [0, 0.1) is 6.92 Å². The van der Waals surface area contributed by atoms with Crippen LogP contribution in [-0.4, -0.2) is 29.6 Å². The van der Waals surface area contributed by atoms with Gasteiger partial charge < -0.3 is 10.2 Å². The normalized spacial score (nSPS) is 15.6. The lowest BCUT2D eigenvalue weighted by Crippen LogP contribution is -2.31. The Morgan fingerprint density at radius 1 is 1.16 bits per heavy atom. The monoisotopic (exact) mass is 262 g/mol. The second-order valence-electron chi connectivity index (χ2n) is 5.38. The van der Waals surface area contributed by atoms with E-state index in [9.17, 15) is 0 Å². The maximum absolute atomic E-state index is 4.66. The van der Waals surface area contributed by atoms with Crippen molar-refractivity contribution in [3.05, 3.63) is 11.8 Å². The summed E-state index contributed by atoms with van der Waals surface area (Å²) in [5, 5.41) is 3.42. The molecule has 1 aliphatic heterocycles. The molecule has 0 aromatic carbocycles. The molecular weight excluding hydrogens is 236 g/mol. The van der Waals surface area contributed by atoms with Crippen molar-refractivity contribution in [3.63, 3.8) is 0 Å². The average molecular weight is 262 g/mol. The summed E-state index contributed by atoms with van der Waals surface area (Å²) in [6.45, 7) is 7.47. The molecular formula is C15H26N4. The molecule has 0 bridgehead atoms. The van der Waals surface area contributed by atoms with E-state index in [0.29, 0.717) is 0 Å². The molecule has 0 unspecified atom stereocenters. The molecule has 2 heterocycles. The topological polar surface area (TPSA) is 41.1 Å². The van der Waals surface area contributed by atoms with E-state index in [1.54, 1.807) is 0 Å². The fraction of sp³-hybridized carbons (Fsp3) is 0.733. The summed E-state index contributed by atoms with van der Waals surface area (Å²) in [4.78, 5) is 11.5. The zero-order valence-corrected chi connectivity index (χ0v) is 12.3. The van der Waals surface area contributed by atoms with Gasteiger partial charge in [-0.15, -0.1) is 0 Å². The predicted molar refractivity (Wildman–Crippen MR) is 80.8 cm³/mol. The first-order chi connectivity index (χ1) is 9.29. The highest BCUT2D eigenvalue weighted by atomic mass is 15.3. The predicted octanol–water partition coefficient (Wildman–Crippen LogP) is 3.38. The molecule has 4 heteroatoms. The molecule has 19 heavy (non-hydrogen) atoms. The molecule has 0 radical (unpaired) electrons. The van der Waals surface area contributed by atoms with E-state index in [2.05, 4.69) is 27.1 Å². The van der Waals surface area contributed by atoms with Crippen LogP contribution >= 0.6 is 0 Å². The van der Waals surface area contributed by atoms with Gasteiger partial charge in [0.1, 0.15) is 5.82 Å². The standard InChI is InChI=1S/C15H26N4/c1-3-4-6-9-16-14-12-13(2)17-15(18-14)19-10-7-5-8-11-19/h12H,3-11H2,1-2H3,(H,16,17,18). The number of hydrogen-bond acceptors (Lipinski definition) is 4. The minimum absolute atomic E-state index is 0.901. The van der Waals surface area contributed by atoms with Crippen LogP contribution in [-0.2, 0) is 0 Å². The number of aromatic nitrogens is 2. The average Bonchev–Trinajstić information content (AvgIpc) is 2.44. The van der Waals surface area contributed by atoms with Gasteiger partial charge in [0.25, 0.3) is 0 Å². The van der Waals surface area contributed by atoms with Gasteiger partial charge in [0, 0.05) is 31.4 Å². The number of hydrogen-bond donors (Lipinski definition) is 1. The summed E-state index contributed by atoms with van der Waals surface area (Å²) in [6, 6.07) is 2.04. The van der Waals surface area contributed by atoms with Crippen molar-refractivity contribution in [1.82, 2.24) is 9.97 Å². The van der Waals surface area contributed by atoms with E-state index in [1.165, 1.54) is 38.5 Å². The van der Waals surface area contributed by atoms with Crippen molar-refractivity contribution in [3.8, 4) is 0 Å². The maximum atomic E-state index is 4.66. The van der Waals surface area contributed by atoms with Gasteiger partial charge in [-0.1, -0.05) is 19.8 Å². The first kappa shape index (κ1) is 14.1. The van der Waals surface area contributed by atoms with Crippen LogP contribution in [0.5, 0.6) is 0 Å². The summed E-state index contributed by atoms with van der Waals surface area (Å²) in [6.07, 6.45) is 7.59. The van der Waals surface area contributed by atoms with E-state index in [4.69, 9.17) is 0 Å². The highest BCUT2D eigenvalue weighted by Crippen LogP contribution is 2.18. The van der Waals surface area contributed by atoms with E-state index >= 15 is 0 Å². The third-order valence-electron chi connectivity index (χ3n) is 3.57. The first-order valence-corrected chi connectivity index (χ1v) is 7.64. The van der Waals surface area contributed by atoms with Crippen molar-refractivity contribution in [2.24, 2.45) is 0 Å². The minimum Gasteiger partial charge on any atom is -0.370 e. The van der Waals surface area contributed by atoms with Gasteiger partial charge >= 0.3 is 0 Å². The van der Waals surface area contributed by atoms with Gasteiger partial charge in [0.2, 0.25) is 5.95 Å². The van der Waals surface area contributed by atoms with Crippen LogP contribution in [0.15, 0.2) is 6.07 Å². The molecule has 2 rings (SSSR count). The van der Waals surface area contributed by atoms with E-state index in [1.807, 2.05) is 13.0 Å². The third-order valence-corrected chi connectivity index (χ3v) is 3.57. The van der Waals surface area contributed by atoms with Crippen LogP contribution in [0.4, 0.5) is 11.8 Å². The zero-order chi connectivity index (χ0) is 13.5. The van der Waals surface area contributed by atoms with E-state index in [-0.39, 0.29) is 0 Å². The highest BCUT2D eigenvalue weighted by molar-refractivity contribution is 5.43. The number of anilines is 2. The molecule has 0 amide bonds. The number of unbranched alkanes of at least 4 members (excludes halogenated alkanes) is 2. The Morgan fingerprint density at radius 2 is 1.95 bits per heavy atom. The summed E-state index contributed by atoms with van der Waals surface area (Å²) in [5.74, 6) is 1.88. The van der Waals surface area contributed by atoms with Crippen LogP contribution in [0.2, 0.25) is 0 Å². The largest absolute Gasteiger partial charge is 0.370 e. The Kier molecular flexibility index (Phi) is 5.43.